The van der Waals surface area contributed by atoms with Crippen molar-refractivity contribution in [1.82, 2.24) is 4.90 Å². The largest absolute Gasteiger partial charge is 0.298 e. The second-order valence-electron chi connectivity index (χ2n) is 3.60. The molecule has 0 amide bonds. The Hall–Kier alpha value is -0.0500. The fourth-order valence-electron chi connectivity index (χ4n) is 1.60. The maximum atomic E-state index is 5.95. The molecule has 0 heterocycles. The first-order valence-corrected chi connectivity index (χ1v) is 6.79. The van der Waals surface area contributed by atoms with Crippen LogP contribution in [0.15, 0.2) is 24.3 Å². The van der Waals surface area contributed by atoms with Gasteiger partial charge in [0.05, 0.1) is 0 Å². The van der Waals surface area contributed by atoms with Gasteiger partial charge in [-0.2, -0.15) is 0 Å². The van der Waals surface area contributed by atoms with E-state index in [1.54, 1.807) is 0 Å². The van der Waals surface area contributed by atoms with E-state index in [0.717, 1.165) is 30.0 Å². The van der Waals surface area contributed by atoms with E-state index in [4.69, 9.17) is 11.6 Å². The molecule has 1 nitrogen and oxygen atoms in total. The van der Waals surface area contributed by atoms with E-state index in [1.165, 1.54) is 12.0 Å². The van der Waals surface area contributed by atoms with Crippen molar-refractivity contribution in [2.24, 2.45) is 0 Å². The van der Waals surface area contributed by atoms with Crippen molar-refractivity contribution in [3.63, 3.8) is 0 Å². The number of nitrogens with zero attached hydrogens (tertiary/aromatic N) is 1. The molecule has 0 radical (unpaired) electrons. The van der Waals surface area contributed by atoms with Crippen molar-refractivity contribution in [2.75, 3.05) is 18.4 Å². The van der Waals surface area contributed by atoms with Gasteiger partial charge in [-0.1, -0.05) is 46.6 Å². The van der Waals surface area contributed by atoms with Crippen LogP contribution in [0.1, 0.15) is 18.9 Å². The highest BCUT2D eigenvalue weighted by molar-refractivity contribution is 9.09. The minimum absolute atomic E-state index is 0.822. The van der Waals surface area contributed by atoms with Gasteiger partial charge in [0.1, 0.15) is 0 Å². The number of hydrogen-bond donors (Lipinski definition) is 0. The predicted octanol–water partition coefficient (Wildman–Crippen LogP) is 3.95. The van der Waals surface area contributed by atoms with Crippen LogP contribution in [0.2, 0.25) is 5.02 Å². The minimum Gasteiger partial charge on any atom is -0.298 e. The van der Waals surface area contributed by atoms with E-state index in [2.05, 4.69) is 33.8 Å². The molecule has 0 spiro atoms. The van der Waals surface area contributed by atoms with E-state index < -0.39 is 0 Å². The fourth-order valence-corrected chi connectivity index (χ4v) is 2.31. The van der Waals surface area contributed by atoms with Gasteiger partial charge in [0, 0.05) is 23.4 Å². The van der Waals surface area contributed by atoms with Crippen LogP contribution in [-0.2, 0) is 6.54 Å². The Morgan fingerprint density at radius 2 is 2.13 bits per heavy atom. The minimum atomic E-state index is 0.822. The van der Waals surface area contributed by atoms with Crippen LogP contribution in [0.3, 0.4) is 0 Å². The highest BCUT2D eigenvalue weighted by atomic mass is 79.9. The van der Waals surface area contributed by atoms with Crippen molar-refractivity contribution < 1.29 is 0 Å². The van der Waals surface area contributed by atoms with Gasteiger partial charge in [0.25, 0.3) is 0 Å². The Bertz CT molecular complexity index is 285. The third-order valence-corrected chi connectivity index (χ3v) is 2.83. The fraction of sp³-hybridized carbons (Fsp3) is 0.500. The van der Waals surface area contributed by atoms with Crippen LogP contribution in [-0.4, -0.2) is 23.3 Å². The summed E-state index contributed by atoms with van der Waals surface area (Å²) in [5.74, 6) is 0. The average molecular weight is 291 g/mol. The first-order valence-electron chi connectivity index (χ1n) is 5.29. The molecule has 0 atom stereocenters. The molecule has 0 aliphatic rings. The average Bonchev–Trinajstić information content (AvgIpc) is 2.18. The van der Waals surface area contributed by atoms with E-state index in [0.29, 0.717) is 0 Å². The molecule has 0 aromatic heterocycles. The van der Waals surface area contributed by atoms with Gasteiger partial charge in [-0.15, -0.1) is 0 Å². The summed E-state index contributed by atoms with van der Waals surface area (Å²) in [6.45, 7) is 5.41. The SMILES string of the molecule is CCCN(CCBr)Cc1cccc(Cl)c1. The Morgan fingerprint density at radius 3 is 2.73 bits per heavy atom. The third-order valence-electron chi connectivity index (χ3n) is 2.24. The number of benzene rings is 1. The van der Waals surface area contributed by atoms with Gasteiger partial charge in [-0.25, -0.2) is 0 Å². The Labute approximate surface area is 106 Å². The molecule has 0 aliphatic heterocycles. The third kappa shape index (κ3) is 5.01. The summed E-state index contributed by atoms with van der Waals surface area (Å²) in [6.07, 6.45) is 1.19. The lowest BCUT2D eigenvalue weighted by molar-refractivity contribution is 0.284. The first kappa shape index (κ1) is 13.0. The van der Waals surface area contributed by atoms with Crippen LogP contribution in [0.4, 0.5) is 0 Å². The van der Waals surface area contributed by atoms with Crippen molar-refractivity contribution >= 4 is 27.5 Å². The zero-order chi connectivity index (χ0) is 11.1. The Morgan fingerprint density at radius 1 is 1.33 bits per heavy atom. The molecule has 1 aromatic carbocycles. The maximum Gasteiger partial charge on any atom is 0.0409 e. The van der Waals surface area contributed by atoms with E-state index in [9.17, 15) is 0 Å². The quantitative estimate of drug-likeness (QED) is 0.717. The Balaban J connectivity index is 2.56. The van der Waals surface area contributed by atoms with Gasteiger partial charge < -0.3 is 0 Å². The van der Waals surface area contributed by atoms with Crippen molar-refractivity contribution in [3.05, 3.63) is 34.9 Å². The number of rotatable bonds is 6. The van der Waals surface area contributed by atoms with Gasteiger partial charge in [0.15, 0.2) is 0 Å². The Kier molecular flexibility index (Phi) is 6.30. The molecule has 0 unspecified atom stereocenters. The second kappa shape index (κ2) is 7.26. The molecule has 15 heavy (non-hydrogen) atoms. The van der Waals surface area contributed by atoms with Crippen LogP contribution < -0.4 is 0 Å². The molecule has 0 aliphatic carbocycles. The molecule has 0 fully saturated rings. The molecule has 0 saturated carbocycles. The van der Waals surface area contributed by atoms with Crippen LogP contribution in [0, 0.1) is 0 Å². The summed E-state index contributed by atoms with van der Waals surface area (Å²) in [5, 5.41) is 1.84. The van der Waals surface area contributed by atoms with Crippen LogP contribution >= 0.6 is 27.5 Å². The summed E-state index contributed by atoms with van der Waals surface area (Å²) in [4.78, 5) is 2.43. The van der Waals surface area contributed by atoms with Crippen LogP contribution in [0.5, 0.6) is 0 Å². The second-order valence-corrected chi connectivity index (χ2v) is 4.82. The standard InChI is InChI=1S/C12H17BrClN/c1-2-7-15(8-6-13)10-11-4-3-5-12(14)9-11/h3-5,9H,2,6-8,10H2,1H3. The van der Waals surface area contributed by atoms with Gasteiger partial charge >= 0.3 is 0 Å². The summed E-state index contributed by atoms with van der Waals surface area (Å²) in [7, 11) is 0. The zero-order valence-corrected chi connectivity index (χ0v) is 11.4. The molecule has 0 saturated heterocycles. The van der Waals surface area contributed by atoms with E-state index >= 15 is 0 Å². The monoisotopic (exact) mass is 289 g/mol. The van der Waals surface area contributed by atoms with Crippen molar-refractivity contribution in [1.29, 1.82) is 0 Å². The molecule has 0 bridgehead atoms. The highest BCUT2D eigenvalue weighted by Gasteiger charge is 2.04. The molecular formula is C12H17BrClN. The molecular weight excluding hydrogens is 273 g/mol. The summed E-state index contributed by atoms with van der Waals surface area (Å²) >= 11 is 9.43. The molecule has 84 valence electrons. The lowest BCUT2D eigenvalue weighted by atomic mass is 10.2. The summed E-state index contributed by atoms with van der Waals surface area (Å²) in [5.41, 5.74) is 1.29. The zero-order valence-electron chi connectivity index (χ0n) is 9.05. The van der Waals surface area contributed by atoms with Gasteiger partial charge in [0.2, 0.25) is 0 Å². The number of halogens is 2. The van der Waals surface area contributed by atoms with Gasteiger partial charge in [-0.05, 0) is 30.7 Å². The molecule has 3 heteroatoms. The smallest absolute Gasteiger partial charge is 0.0409 e. The van der Waals surface area contributed by atoms with E-state index in [1.807, 2.05) is 18.2 Å². The number of hydrogen-bond acceptors (Lipinski definition) is 1. The molecule has 1 rings (SSSR count). The van der Waals surface area contributed by atoms with Crippen LogP contribution in [0.25, 0.3) is 0 Å². The lowest BCUT2D eigenvalue weighted by Gasteiger charge is -2.20. The summed E-state index contributed by atoms with van der Waals surface area (Å²) < 4.78 is 0. The molecule has 0 N–H and O–H groups in total. The van der Waals surface area contributed by atoms with Crippen molar-refractivity contribution in [3.8, 4) is 0 Å². The first-order chi connectivity index (χ1) is 7.26. The predicted molar refractivity (Wildman–Crippen MR) is 70.8 cm³/mol. The highest BCUT2D eigenvalue weighted by Crippen LogP contribution is 2.12. The normalized spacial score (nSPS) is 10.9. The topological polar surface area (TPSA) is 3.24 Å². The van der Waals surface area contributed by atoms with Crippen molar-refractivity contribution in [2.45, 2.75) is 19.9 Å². The van der Waals surface area contributed by atoms with E-state index in [-0.39, 0.29) is 0 Å². The lowest BCUT2D eigenvalue weighted by Crippen LogP contribution is -2.26. The van der Waals surface area contributed by atoms with Gasteiger partial charge in [-0.3, -0.25) is 4.90 Å². The summed E-state index contributed by atoms with van der Waals surface area (Å²) in [6, 6.07) is 8.09. The number of alkyl halides is 1. The maximum absolute atomic E-state index is 5.95. The molecule has 1 aromatic rings.